The lowest BCUT2D eigenvalue weighted by Gasteiger charge is -2.02. The molecule has 0 radical (unpaired) electrons. The van der Waals surface area contributed by atoms with Crippen molar-refractivity contribution in [1.82, 2.24) is 9.55 Å². The van der Waals surface area contributed by atoms with Gasteiger partial charge in [-0.2, -0.15) is 5.10 Å². The average Bonchev–Trinajstić information content (AvgIpc) is 3.01. The molecule has 0 unspecified atom stereocenters. The van der Waals surface area contributed by atoms with Crippen molar-refractivity contribution in [3.63, 3.8) is 0 Å². The molecule has 1 aromatic heterocycles. The SMILES string of the molecule is NC(N)=N/N=C\c1c(-c2ccccc2)nc2n1CCS2. The molecule has 1 aliphatic heterocycles. The summed E-state index contributed by atoms with van der Waals surface area (Å²) in [5.74, 6) is 0.971. The van der Waals surface area contributed by atoms with Crippen LogP contribution >= 0.6 is 11.8 Å². The Morgan fingerprint density at radius 2 is 2.10 bits per heavy atom. The maximum absolute atomic E-state index is 5.28. The quantitative estimate of drug-likeness (QED) is 0.504. The first kappa shape index (κ1) is 12.7. The lowest BCUT2D eigenvalue weighted by molar-refractivity contribution is 0.715. The molecule has 0 spiro atoms. The zero-order valence-corrected chi connectivity index (χ0v) is 11.5. The van der Waals surface area contributed by atoms with Crippen LogP contribution in [0.5, 0.6) is 0 Å². The highest BCUT2D eigenvalue weighted by Gasteiger charge is 2.21. The van der Waals surface area contributed by atoms with E-state index in [4.69, 9.17) is 11.5 Å². The fraction of sp³-hybridized carbons (Fsp3) is 0.154. The normalized spacial score (nSPS) is 13.6. The topological polar surface area (TPSA) is 94.6 Å². The number of fused-ring (bicyclic) bond motifs is 1. The molecule has 102 valence electrons. The summed E-state index contributed by atoms with van der Waals surface area (Å²) < 4.78 is 2.14. The van der Waals surface area contributed by atoms with Crippen molar-refractivity contribution in [2.45, 2.75) is 11.7 Å². The Labute approximate surface area is 120 Å². The first-order chi connectivity index (χ1) is 9.75. The summed E-state index contributed by atoms with van der Waals surface area (Å²) >= 11 is 1.74. The molecule has 1 aromatic carbocycles. The van der Waals surface area contributed by atoms with E-state index in [1.807, 2.05) is 30.3 Å². The average molecular weight is 286 g/mol. The number of thioether (sulfide) groups is 1. The number of nitrogens with two attached hydrogens (primary N) is 2. The molecule has 20 heavy (non-hydrogen) atoms. The Kier molecular flexibility index (Phi) is 3.42. The van der Waals surface area contributed by atoms with Crippen LogP contribution in [0.25, 0.3) is 11.3 Å². The van der Waals surface area contributed by atoms with Gasteiger partial charge in [-0.15, -0.1) is 5.10 Å². The molecule has 2 heterocycles. The van der Waals surface area contributed by atoms with E-state index < -0.39 is 0 Å². The maximum Gasteiger partial charge on any atom is 0.211 e. The summed E-state index contributed by atoms with van der Waals surface area (Å²) in [7, 11) is 0. The van der Waals surface area contributed by atoms with E-state index in [0.29, 0.717) is 0 Å². The van der Waals surface area contributed by atoms with Crippen LogP contribution in [0, 0.1) is 0 Å². The van der Waals surface area contributed by atoms with Gasteiger partial charge < -0.3 is 16.0 Å². The molecule has 4 N–H and O–H groups in total. The van der Waals surface area contributed by atoms with Crippen molar-refractivity contribution >= 4 is 23.9 Å². The van der Waals surface area contributed by atoms with Gasteiger partial charge in [-0.3, -0.25) is 0 Å². The number of guanidine groups is 1. The van der Waals surface area contributed by atoms with Crippen LogP contribution in [-0.2, 0) is 6.54 Å². The van der Waals surface area contributed by atoms with Crippen LogP contribution in [0.4, 0.5) is 0 Å². The molecule has 0 atom stereocenters. The fourth-order valence-electron chi connectivity index (χ4n) is 2.09. The van der Waals surface area contributed by atoms with Gasteiger partial charge in [0.15, 0.2) is 5.16 Å². The number of rotatable bonds is 3. The molecule has 6 nitrogen and oxygen atoms in total. The minimum atomic E-state index is -0.0574. The van der Waals surface area contributed by atoms with Crippen LogP contribution in [-0.4, -0.2) is 27.5 Å². The molecule has 7 heteroatoms. The predicted octanol–water partition coefficient (Wildman–Crippen LogP) is 1.26. The number of nitrogens with zero attached hydrogens (tertiary/aromatic N) is 4. The summed E-state index contributed by atoms with van der Waals surface area (Å²) in [6, 6.07) is 10.0. The molecule has 0 saturated heterocycles. The van der Waals surface area contributed by atoms with Gasteiger partial charge in [0.25, 0.3) is 0 Å². The molecule has 0 saturated carbocycles. The van der Waals surface area contributed by atoms with Crippen molar-refractivity contribution in [3.8, 4) is 11.3 Å². The molecule has 0 amide bonds. The molecule has 1 aliphatic rings. The van der Waals surface area contributed by atoms with E-state index in [-0.39, 0.29) is 5.96 Å². The summed E-state index contributed by atoms with van der Waals surface area (Å²) in [5.41, 5.74) is 13.5. The second-order valence-corrected chi connectivity index (χ2v) is 5.33. The van der Waals surface area contributed by atoms with Gasteiger partial charge in [0.05, 0.1) is 17.6 Å². The Morgan fingerprint density at radius 3 is 2.85 bits per heavy atom. The third kappa shape index (κ3) is 2.39. The van der Waals surface area contributed by atoms with Crippen molar-refractivity contribution < 1.29 is 0 Å². The van der Waals surface area contributed by atoms with Crippen LogP contribution in [0.3, 0.4) is 0 Å². The smallest absolute Gasteiger partial charge is 0.211 e. The summed E-state index contributed by atoms with van der Waals surface area (Å²) in [6.45, 7) is 0.920. The minimum absolute atomic E-state index is 0.0574. The van der Waals surface area contributed by atoms with E-state index >= 15 is 0 Å². The Bertz CT molecular complexity index is 670. The molecular weight excluding hydrogens is 272 g/mol. The zero-order valence-electron chi connectivity index (χ0n) is 10.7. The van der Waals surface area contributed by atoms with Crippen LogP contribution in [0.2, 0.25) is 0 Å². The first-order valence-corrected chi connectivity index (χ1v) is 7.15. The molecule has 2 aromatic rings. The van der Waals surface area contributed by atoms with Gasteiger partial charge in [0.1, 0.15) is 0 Å². The lowest BCUT2D eigenvalue weighted by Crippen LogP contribution is -2.21. The Balaban J connectivity index is 2.07. The summed E-state index contributed by atoms with van der Waals surface area (Å²) in [4.78, 5) is 4.68. The van der Waals surface area contributed by atoms with E-state index in [9.17, 15) is 0 Å². The first-order valence-electron chi connectivity index (χ1n) is 6.16. The van der Waals surface area contributed by atoms with Crippen molar-refractivity contribution in [2.75, 3.05) is 5.75 Å². The molecule has 0 fully saturated rings. The number of imidazole rings is 1. The minimum Gasteiger partial charge on any atom is -0.369 e. The van der Waals surface area contributed by atoms with Gasteiger partial charge in [0, 0.05) is 17.9 Å². The zero-order chi connectivity index (χ0) is 13.9. The fourth-order valence-corrected chi connectivity index (χ4v) is 3.05. The van der Waals surface area contributed by atoms with Gasteiger partial charge >= 0.3 is 0 Å². The highest BCUT2D eigenvalue weighted by Crippen LogP contribution is 2.32. The third-order valence-corrected chi connectivity index (χ3v) is 3.87. The third-order valence-electron chi connectivity index (χ3n) is 2.92. The Morgan fingerprint density at radius 1 is 1.30 bits per heavy atom. The van der Waals surface area contributed by atoms with Gasteiger partial charge in [-0.1, -0.05) is 42.1 Å². The number of benzene rings is 1. The lowest BCUT2D eigenvalue weighted by atomic mass is 10.1. The number of hydrogen-bond acceptors (Lipinski definition) is 4. The second kappa shape index (κ2) is 5.38. The predicted molar refractivity (Wildman–Crippen MR) is 81.8 cm³/mol. The highest BCUT2D eigenvalue weighted by atomic mass is 32.2. The van der Waals surface area contributed by atoms with Crippen molar-refractivity contribution in [1.29, 1.82) is 0 Å². The number of aromatic nitrogens is 2. The van der Waals surface area contributed by atoms with E-state index in [1.165, 1.54) is 0 Å². The van der Waals surface area contributed by atoms with Crippen LogP contribution in [0.1, 0.15) is 5.69 Å². The molecule has 0 aliphatic carbocycles. The standard InChI is InChI=1S/C13H14N6S/c14-12(15)18-16-8-10-11(9-4-2-1-3-5-9)17-13-19(10)6-7-20-13/h1-5,8H,6-7H2,(H4,14,15,18)/b16-8-. The monoisotopic (exact) mass is 286 g/mol. The highest BCUT2D eigenvalue weighted by molar-refractivity contribution is 7.99. The van der Waals surface area contributed by atoms with Crippen molar-refractivity contribution in [2.24, 2.45) is 21.7 Å². The van der Waals surface area contributed by atoms with E-state index in [0.717, 1.165) is 34.4 Å². The molecular formula is C13H14N6S. The second-order valence-electron chi connectivity index (χ2n) is 4.26. The summed E-state index contributed by atoms with van der Waals surface area (Å²) in [6.07, 6.45) is 1.66. The van der Waals surface area contributed by atoms with Gasteiger partial charge in [-0.25, -0.2) is 4.98 Å². The largest absolute Gasteiger partial charge is 0.369 e. The molecule has 0 bridgehead atoms. The maximum atomic E-state index is 5.28. The molecule has 3 rings (SSSR count). The number of hydrogen-bond donors (Lipinski definition) is 2. The summed E-state index contributed by atoms with van der Waals surface area (Å²) in [5, 5.41) is 8.58. The van der Waals surface area contributed by atoms with Crippen molar-refractivity contribution in [3.05, 3.63) is 36.0 Å². The van der Waals surface area contributed by atoms with Gasteiger partial charge in [0.2, 0.25) is 5.96 Å². The van der Waals surface area contributed by atoms with Gasteiger partial charge in [-0.05, 0) is 0 Å². The van der Waals surface area contributed by atoms with E-state index in [2.05, 4.69) is 19.8 Å². The van der Waals surface area contributed by atoms with E-state index in [1.54, 1.807) is 18.0 Å². The Hall–Kier alpha value is -2.28. The van der Waals surface area contributed by atoms with Crippen LogP contribution in [0.15, 0.2) is 45.7 Å². The van der Waals surface area contributed by atoms with Crippen LogP contribution < -0.4 is 11.5 Å².